The van der Waals surface area contributed by atoms with Crippen LogP contribution in [0, 0.1) is 0 Å². The van der Waals surface area contributed by atoms with E-state index in [1.807, 2.05) is 37.5 Å². The van der Waals surface area contributed by atoms with E-state index in [1.54, 1.807) is 6.07 Å². The molecule has 0 amide bonds. The van der Waals surface area contributed by atoms with Crippen molar-refractivity contribution in [2.75, 3.05) is 19.8 Å². The lowest BCUT2D eigenvalue weighted by Crippen LogP contribution is -2.12. The van der Waals surface area contributed by atoms with Crippen LogP contribution in [0.1, 0.15) is 36.7 Å². The number of unbranched alkanes of at least 4 members (excludes halogenated alkanes) is 1. The zero-order valence-electron chi connectivity index (χ0n) is 16.9. The lowest BCUT2D eigenvalue weighted by Gasteiger charge is -2.11. The second-order valence-electron chi connectivity index (χ2n) is 7.51. The third-order valence-electron chi connectivity index (χ3n) is 4.90. The first kappa shape index (κ1) is 20.6. The molecule has 2 heterocycles. The zero-order valence-corrected chi connectivity index (χ0v) is 17.7. The standard InChI is InChI=1S/C22H29N3O2S/c1-4-5-15-28(26,27)20-8-6-7-18(16-20)9-11-21-22-12-10-19(17-24(2)3)25(22)14-13-23-21/h6-8,10,12-14,16H,4-5,9,11,15,17H2,1-3H3. The number of benzene rings is 1. The van der Waals surface area contributed by atoms with Gasteiger partial charge in [0.05, 0.1) is 21.9 Å². The Morgan fingerprint density at radius 3 is 2.68 bits per heavy atom. The second kappa shape index (κ2) is 8.88. The predicted molar refractivity (Wildman–Crippen MR) is 113 cm³/mol. The Labute approximate surface area is 167 Å². The summed E-state index contributed by atoms with van der Waals surface area (Å²) < 4.78 is 27.1. The fraction of sp³-hybridized carbons (Fsp3) is 0.409. The van der Waals surface area contributed by atoms with Gasteiger partial charge in [0.2, 0.25) is 0 Å². The lowest BCUT2D eigenvalue weighted by atomic mass is 10.1. The van der Waals surface area contributed by atoms with Crippen molar-refractivity contribution < 1.29 is 8.42 Å². The number of aromatic nitrogens is 2. The van der Waals surface area contributed by atoms with Crippen molar-refractivity contribution in [1.82, 2.24) is 14.3 Å². The van der Waals surface area contributed by atoms with E-state index in [2.05, 4.69) is 40.5 Å². The van der Waals surface area contributed by atoms with Crippen LogP contribution in [0.15, 0.2) is 53.7 Å². The van der Waals surface area contributed by atoms with Gasteiger partial charge < -0.3 is 9.30 Å². The molecule has 0 aliphatic carbocycles. The Hall–Kier alpha value is -2.18. The molecule has 0 saturated carbocycles. The lowest BCUT2D eigenvalue weighted by molar-refractivity contribution is 0.395. The van der Waals surface area contributed by atoms with Crippen LogP contribution >= 0.6 is 0 Å². The number of sulfone groups is 1. The minimum absolute atomic E-state index is 0.215. The summed E-state index contributed by atoms with van der Waals surface area (Å²) in [7, 11) is 0.922. The van der Waals surface area contributed by atoms with Crippen molar-refractivity contribution in [3.8, 4) is 0 Å². The first-order valence-corrected chi connectivity index (χ1v) is 11.5. The molecule has 3 aromatic rings. The van der Waals surface area contributed by atoms with Gasteiger partial charge in [-0.15, -0.1) is 0 Å². The van der Waals surface area contributed by atoms with Crippen molar-refractivity contribution in [3.63, 3.8) is 0 Å². The van der Waals surface area contributed by atoms with E-state index in [4.69, 9.17) is 0 Å². The van der Waals surface area contributed by atoms with Crippen molar-refractivity contribution in [2.45, 2.75) is 44.0 Å². The van der Waals surface area contributed by atoms with Crippen LogP contribution in [0.3, 0.4) is 0 Å². The fourth-order valence-corrected chi connectivity index (χ4v) is 4.93. The molecule has 0 saturated heterocycles. The van der Waals surface area contributed by atoms with Crippen molar-refractivity contribution in [1.29, 1.82) is 0 Å². The molecular formula is C22H29N3O2S. The normalized spacial score (nSPS) is 12.1. The Bertz CT molecular complexity index is 1040. The van der Waals surface area contributed by atoms with Crippen LogP contribution in [0.5, 0.6) is 0 Å². The third-order valence-corrected chi connectivity index (χ3v) is 6.70. The number of nitrogens with zero attached hydrogens (tertiary/aromatic N) is 3. The monoisotopic (exact) mass is 399 g/mol. The van der Waals surface area contributed by atoms with E-state index in [1.165, 1.54) is 5.69 Å². The first-order chi connectivity index (χ1) is 13.4. The van der Waals surface area contributed by atoms with Gasteiger partial charge in [-0.1, -0.05) is 25.5 Å². The molecular weight excluding hydrogens is 370 g/mol. The minimum Gasteiger partial charge on any atom is -0.316 e. The maximum Gasteiger partial charge on any atom is 0.178 e. The summed E-state index contributed by atoms with van der Waals surface area (Å²) in [6.45, 7) is 2.88. The van der Waals surface area contributed by atoms with Crippen molar-refractivity contribution in [2.24, 2.45) is 0 Å². The number of aryl methyl sites for hydroxylation is 2. The highest BCUT2D eigenvalue weighted by Gasteiger charge is 2.14. The number of rotatable bonds is 9. The molecule has 2 aromatic heterocycles. The third kappa shape index (κ3) is 4.80. The highest BCUT2D eigenvalue weighted by atomic mass is 32.2. The molecule has 0 aliphatic heterocycles. The zero-order chi connectivity index (χ0) is 20.1. The molecule has 28 heavy (non-hydrogen) atoms. The van der Waals surface area contributed by atoms with Gasteiger partial charge in [-0.3, -0.25) is 4.98 Å². The van der Waals surface area contributed by atoms with Crippen molar-refractivity contribution in [3.05, 3.63) is 65.7 Å². The number of hydrogen-bond acceptors (Lipinski definition) is 4. The number of fused-ring (bicyclic) bond motifs is 1. The van der Waals surface area contributed by atoms with Gasteiger partial charge in [-0.05, 0) is 63.2 Å². The molecule has 0 fully saturated rings. The Balaban J connectivity index is 1.78. The van der Waals surface area contributed by atoms with E-state index in [-0.39, 0.29) is 5.75 Å². The van der Waals surface area contributed by atoms with E-state index >= 15 is 0 Å². The molecule has 1 aromatic carbocycles. The molecule has 0 unspecified atom stereocenters. The summed E-state index contributed by atoms with van der Waals surface area (Å²) in [5, 5.41) is 0. The summed E-state index contributed by atoms with van der Waals surface area (Å²) in [5.41, 5.74) is 4.41. The quantitative estimate of drug-likeness (QED) is 0.550. The average molecular weight is 400 g/mol. The smallest absolute Gasteiger partial charge is 0.178 e. The van der Waals surface area contributed by atoms with Gasteiger partial charge in [-0.25, -0.2) is 8.42 Å². The molecule has 0 N–H and O–H groups in total. The van der Waals surface area contributed by atoms with Crippen LogP contribution in [-0.2, 0) is 29.2 Å². The molecule has 150 valence electrons. The van der Waals surface area contributed by atoms with Crippen LogP contribution in [-0.4, -0.2) is 42.6 Å². The topological polar surface area (TPSA) is 54.7 Å². The van der Waals surface area contributed by atoms with Crippen molar-refractivity contribution >= 4 is 15.4 Å². The maximum atomic E-state index is 12.5. The molecule has 0 radical (unpaired) electrons. The SMILES string of the molecule is CCCCS(=O)(=O)c1cccc(CCc2nccn3c(CN(C)C)ccc23)c1. The summed E-state index contributed by atoms with van der Waals surface area (Å²) in [6, 6.07) is 11.6. The molecule has 0 atom stereocenters. The van der Waals surface area contributed by atoms with Gasteiger partial charge in [0.15, 0.2) is 9.84 Å². The minimum atomic E-state index is -3.20. The summed E-state index contributed by atoms with van der Waals surface area (Å²) >= 11 is 0. The average Bonchev–Trinajstić information content (AvgIpc) is 3.08. The van der Waals surface area contributed by atoms with E-state index in [0.717, 1.165) is 42.6 Å². The van der Waals surface area contributed by atoms with Gasteiger partial charge in [-0.2, -0.15) is 0 Å². The maximum absolute atomic E-state index is 12.5. The highest BCUT2D eigenvalue weighted by molar-refractivity contribution is 7.91. The molecule has 3 rings (SSSR count). The number of hydrogen-bond donors (Lipinski definition) is 0. The molecule has 5 nitrogen and oxygen atoms in total. The second-order valence-corrected chi connectivity index (χ2v) is 9.62. The van der Waals surface area contributed by atoms with Gasteiger partial charge in [0, 0.05) is 24.6 Å². The van der Waals surface area contributed by atoms with Crippen LogP contribution in [0.2, 0.25) is 0 Å². The van der Waals surface area contributed by atoms with Gasteiger partial charge >= 0.3 is 0 Å². The molecule has 0 aliphatic rings. The first-order valence-electron chi connectivity index (χ1n) is 9.81. The summed E-state index contributed by atoms with van der Waals surface area (Å²) in [6.07, 6.45) is 6.95. The van der Waals surface area contributed by atoms with Crippen LogP contribution in [0.4, 0.5) is 0 Å². The summed E-state index contributed by atoms with van der Waals surface area (Å²) in [4.78, 5) is 7.15. The highest BCUT2D eigenvalue weighted by Crippen LogP contribution is 2.19. The summed E-state index contributed by atoms with van der Waals surface area (Å²) in [5.74, 6) is 0.215. The van der Waals surface area contributed by atoms with Gasteiger partial charge in [0.25, 0.3) is 0 Å². The van der Waals surface area contributed by atoms with E-state index < -0.39 is 9.84 Å². The fourth-order valence-electron chi connectivity index (χ4n) is 3.41. The largest absolute Gasteiger partial charge is 0.316 e. The predicted octanol–water partition coefficient (Wildman–Crippen LogP) is 3.75. The van der Waals surface area contributed by atoms with E-state index in [0.29, 0.717) is 11.3 Å². The Morgan fingerprint density at radius 2 is 1.93 bits per heavy atom. The van der Waals surface area contributed by atoms with Gasteiger partial charge in [0.1, 0.15) is 0 Å². The Kier molecular flexibility index (Phi) is 6.52. The molecule has 0 bridgehead atoms. The Morgan fingerprint density at radius 1 is 1.11 bits per heavy atom. The molecule has 6 heteroatoms. The van der Waals surface area contributed by atoms with Crippen LogP contribution in [0.25, 0.3) is 5.52 Å². The van der Waals surface area contributed by atoms with Crippen LogP contribution < -0.4 is 0 Å². The van der Waals surface area contributed by atoms with E-state index in [9.17, 15) is 8.42 Å². The molecule has 0 spiro atoms.